The molecule has 13 heavy (non-hydrogen) atoms. The maximum atomic E-state index is 5.38. The van der Waals surface area contributed by atoms with E-state index < -0.39 is 0 Å². The Morgan fingerprint density at radius 3 is 2.15 bits per heavy atom. The van der Waals surface area contributed by atoms with E-state index in [1.54, 1.807) is 0 Å². The highest BCUT2D eigenvalue weighted by Gasteiger charge is 2.21. The fourth-order valence-electron chi connectivity index (χ4n) is 1.42. The van der Waals surface area contributed by atoms with Crippen molar-refractivity contribution in [1.82, 2.24) is 4.90 Å². The van der Waals surface area contributed by atoms with Crippen molar-refractivity contribution in [3.8, 4) is 0 Å². The number of hydrogen-bond donors (Lipinski definition) is 0. The highest BCUT2D eigenvalue weighted by Crippen LogP contribution is 2.14. The molecule has 1 aliphatic heterocycles. The van der Waals surface area contributed by atoms with Crippen molar-refractivity contribution >= 4 is 0 Å². The lowest BCUT2D eigenvalue weighted by Gasteiger charge is -2.33. The number of hydrogen-bond acceptors (Lipinski definition) is 2. The molecule has 1 fully saturated rings. The van der Waals surface area contributed by atoms with Gasteiger partial charge < -0.3 is 4.74 Å². The Labute approximate surface area is 83.3 Å². The summed E-state index contributed by atoms with van der Waals surface area (Å²) in [6.07, 6.45) is 1.18. The topological polar surface area (TPSA) is 12.5 Å². The van der Waals surface area contributed by atoms with E-state index in [-0.39, 0.29) is 0 Å². The van der Waals surface area contributed by atoms with Gasteiger partial charge in [-0.05, 0) is 27.2 Å². The van der Waals surface area contributed by atoms with E-state index in [2.05, 4.69) is 25.7 Å². The van der Waals surface area contributed by atoms with E-state index in [1.807, 2.05) is 13.8 Å². The third-order valence-electron chi connectivity index (χ3n) is 2.17. The van der Waals surface area contributed by atoms with Gasteiger partial charge in [0.15, 0.2) is 0 Å². The van der Waals surface area contributed by atoms with E-state index in [0.717, 1.165) is 19.8 Å². The highest BCUT2D eigenvalue weighted by atomic mass is 16.5. The molecule has 0 radical (unpaired) electrons. The van der Waals surface area contributed by atoms with Crippen LogP contribution in [0.1, 0.15) is 41.0 Å². The molecule has 0 aromatic carbocycles. The van der Waals surface area contributed by atoms with Crippen LogP contribution in [0.25, 0.3) is 0 Å². The van der Waals surface area contributed by atoms with Gasteiger partial charge in [-0.1, -0.05) is 13.8 Å². The maximum Gasteiger partial charge on any atom is 0.0593 e. The fourth-order valence-corrected chi connectivity index (χ4v) is 1.42. The van der Waals surface area contributed by atoms with E-state index in [4.69, 9.17) is 4.74 Å². The third-order valence-corrected chi connectivity index (χ3v) is 2.17. The summed E-state index contributed by atoms with van der Waals surface area (Å²) in [6.45, 7) is 14.9. The van der Waals surface area contributed by atoms with Gasteiger partial charge in [-0.15, -0.1) is 0 Å². The Balaban J connectivity index is 0.000000671. The molecule has 1 rings (SSSR count). The van der Waals surface area contributed by atoms with Gasteiger partial charge in [-0.3, -0.25) is 4.90 Å². The van der Waals surface area contributed by atoms with Gasteiger partial charge in [-0.25, -0.2) is 0 Å². The molecule has 0 unspecified atom stereocenters. The molecule has 0 N–H and O–H groups in total. The molecule has 80 valence electrons. The first-order valence-corrected chi connectivity index (χ1v) is 5.43. The molecular weight excluding hydrogens is 162 g/mol. The lowest BCUT2D eigenvalue weighted by atomic mass is 10.1. The Bertz CT molecular complexity index is 110. The third kappa shape index (κ3) is 5.27. The van der Waals surface area contributed by atoms with Crippen LogP contribution in [0.2, 0.25) is 0 Å². The number of rotatable bonds is 0. The molecule has 1 aliphatic rings. The van der Waals surface area contributed by atoms with Gasteiger partial charge in [0, 0.05) is 25.2 Å². The van der Waals surface area contributed by atoms with Crippen LogP contribution in [0.5, 0.6) is 0 Å². The van der Waals surface area contributed by atoms with Gasteiger partial charge in [0.05, 0.1) is 6.61 Å². The summed E-state index contributed by atoms with van der Waals surface area (Å²) in [5.41, 5.74) is 0.313. The van der Waals surface area contributed by atoms with Gasteiger partial charge in [0.25, 0.3) is 0 Å². The van der Waals surface area contributed by atoms with E-state index in [1.165, 1.54) is 13.0 Å². The van der Waals surface area contributed by atoms with Crippen LogP contribution >= 0.6 is 0 Å². The average Bonchev–Trinajstić information content (AvgIpc) is 2.34. The van der Waals surface area contributed by atoms with Crippen molar-refractivity contribution in [1.29, 1.82) is 0 Å². The summed E-state index contributed by atoms with van der Waals surface area (Å²) in [6, 6.07) is 0. The van der Waals surface area contributed by atoms with Gasteiger partial charge in [0.2, 0.25) is 0 Å². The first-order valence-electron chi connectivity index (χ1n) is 5.43. The van der Waals surface area contributed by atoms with Crippen molar-refractivity contribution in [2.45, 2.75) is 46.6 Å². The second-order valence-electron chi connectivity index (χ2n) is 4.12. The molecule has 1 heterocycles. The standard InChI is InChI=1S/C9H19NO.C2H6/c1-9(2,3)10-5-4-7-11-8-6-10;1-2/h4-8H2,1-3H3;1-2H3. The summed E-state index contributed by atoms with van der Waals surface area (Å²) in [5.74, 6) is 0. The monoisotopic (exact) mass is 187 g/mol. The first-order chi connectivity index (χ1) is 6.11. The van der Waals surface area contributed by atoms with Crippen molar-refractivity contribution in [3.05, 3.63) is 0 Å². The molecule has 0 atom stereocenters. The number of nitrogens with zero attached hydrogens (tertiary/aromatic N) is 1. The fraction of sp³-hybridized carbons (Fsp3) is 1.00. The molecule has 0 bridgehead atoms. The van der Waals surface area contributed by atoms with Gasteiger partial charge in [0.1, 0.15) is 0 Å². The number of ether oxygens (including phenoxy) is 1. The van der Waals surface area contributed by atoms with E-state index >= 15 is 0 Å². The summed E-state index contributed by atoms with van der Waals surface area (Å²) >= 11 is 0. The summed E-state index contributed by atoms with van der Waals surface area (Å²) in [4.78, 5) is 2.49. The summed E-state index contributed by atoms with van der Waals surface area (Å²) in [7, 11) is 0. The average molecular weight is 187 g/mol. The van der Waals surface area contributed by atoms with E-state index in [0.29, 0.717) is 5.54 Å². The smallest absolute Gasteiger partial charge is 0.0593 e. The molecule has 0 aromatic rings. The van der Waals surface area contributed by atoms with Crippen LogP contribution in [0.15, 0.2) is 0 Å². The first kappa shape index (κ1) is 12.9. The lowest BCUT2D eigenvalue weighted by molar-refractivity contribution is 0.110. The lowest BCUT2D eigenvalue weighted by Crippen LogP contribution is -2.42. The van der Waals surface area contributed by atoms with Crippen molar-refractivity contribution in [2.75, 3.05) is 26.3 Å². The van der Waals surface area contributed by atoms with Crippen LogP contribution in [0, 0.1) is 0 Å². The molecular formula is C11H25NO. The van der Waals surface area contributed by atoms with Crippen molar-refractivity contribution in [2.24, 2.45) is 0 Å². The maximum absolute atomic E-state index is 5.38. The minimum atomic E-state index is 0.313. The molecule has 1 saturated heterocycles. The van der Waals surface area contributed by atoms with Gasteiger partial charge >= 0.3 is 0 Å². The summed E-state index contributed by atoms with van der Waals surface area (Å²) < 4.78 is 5.38. The Morgan fingerprint density at radius 2 is 1.62 bits per heavy atom. The zero-order valence-electron chi connectivity index (χ0n) is 9.89. The molecule has 0 aromatic heterocycles. The second kappa shape index (κ2) is 6.39. The Morgan fingerprint density at radius 1 is 1.00 bits per heavy atom. The Hall–Kier alpha value is -0.0800. The van der Waals surface area contributed by atoms with Crippen LogP contribution < -0.4 is 0 Å². The molecule has 0 spiro atoms. The Kier molecular flexibility index (Phi) is 6.35. The highest BCUT2D eigenvalue weighted by molar-refractivity contribution is 4.76. The molecule has 2 nitrogen and oxygen atoms in total. The SMILES string of the molecule is CC.CC(C)(C)N1CCCOCC1. The molecule has 0 amide bonds. The minimum Gasteiger partial charge on any atom is -0.380 e. The molecule has 0 saturated carbocycles. The van der Waals surface area contributed by atoms with Gasteiger partial charge in [-0.2, -0.15) is 0 Å². The van der Waals surface area contributed by atoms with Crippen molar-refractivity contribution in [3.63, 3.8) is 0 Å². The predicted molar refractivity (Wildman–Crippen MR) is 58.1 cm³/mol. The van der Waals surface area contributed by atoms with E-state index in [9.17, 15) is 0 Å². The zero-order chi connectivity index (χ0) is 10.3. The second-order valence-corrected chi connectivity index (χ2v) is 4.12. The van der Waals surface area contributed by atoms with Crippen LogP contribution in [0.3, 0.4) is 0 Å². The van der Waals surface area contributed by atoms with Crippen molar-refractivity contribution < 1.29 is 4.74 Å². The summed E-state index contributed by atoms with van der Waals surface area (Å²) in [5, 5.41) is 0. The molecule has 2 heteroatoms. The predicted octanol–water partition coefficient (Wildman–Crippen LogP) is 2.53. The molecule has 0 aliphatic carbocycles. The van der Waals surface area contributed by atoms with Crippen LogP contribution in [0.4, 0.5) is 0 Å². The largest absolute Gasteiger partial charge is 0.380 e. The quantitative estimate of drug-likeness (QED) is 0.578. The van der Waals surface area contributed by atoms with Crippen LogP contribution in [-0.4, -0.2) is 36.7 Å². The van der Waals surface area contributed by atoms with Crippen LogP contribution in [-0.2, 0) is 4.74 Å². The minimum absolute atomic E-state index is 0.313. The normalized spacial score (nSPS) is 20.1. The zero-order valence-corrected chi connectivity index (χ0v) is 9.89.